The Morgan fingerprint density at radius 2 is 0.914 bits per heavy atom. The largest absolute Gasteiger partial charge is 0.311 e. The SMILES string of the molecule is C1=C=C2C3=C(C=1)N(c1cccc(-c4ccccc4)c1)c1cc(-c4ccccc4)ccc1B3c1ccc(N(c3ccccc3)c3ccccc3)cc1N2c1ccccc1. The van der Waals surface area contributed by atoms with E-state index in [1.807, 2.05) is 0 Å². The van der Waals surface area contributed by atoms with Gasteiger partial charge in [-0.15, -0.1) is 0 Å². The summed E-state index contributed by atoms with van der Waals surface area (Å²) in [4.78, 5) is 7.18. The number of benzene rings is 8. The van der Waals surface area contributed by atoms with Crippen molar-refractivity contribution in [2.75, 3.05) is 14.7 Å². The van der Waals surface area contributed by atoms with Crippen LogP contribution in [0.15, 0.2) is 247 Å². The highest BCUT2D eigenvalue weighted by molar-refractivity contribution is 6.94. The monoisotopic (exact) mass is 737 g/mol. The molecule has 8 aromatic rings. The number of rotatable bonds is 7. The van der Waals surface area contributed by atoms with Crippen molar-refractivity contribution >= 4 is 57.5 Å². The van der Waals surface area contributed by atoms with Crippen LogP contribution in [0.1, 0.15) is 0 Å². The molecule has 8 aromatic carbocycles. The molecule has 0 atom stereocenters. The highest BCUT2D eigenvalue weighted by Crippen LogP contribution is 2.47. The molecule has 0 bridgehead atoms. The summed E-state index contributed by atoms with van der Waals surface area (Å²) >= 11 is 0. The van der Waals surface area contributed by atoms with E-state index in [0.29, 0.717) is 0 Å². The summed E-state index contributed by atoms with van der Waals surface area (Å²) in [5.74, 6) is 0. The molecule has 0 radical (unpaired) electrons. The molecular formula is C54H36BN3. The van der Waals surface area contributed by atoms with Crippen molar-refractivity contribution in [3.05, 3.63) is 247 Å². The van der Waals surface area contributed by atoms with E-state index in [0.717, 1.165) is 51.2 Å². The summed E-state index contributed by atoms with van der Waals surface area (Å²) < 4.78 is 0. The van der Waals surface area contributed by atoms with Crippen LogP contribution in [-0.2, 0) is 0 Å². The van der Waals surface area contributed by atoms with Crippen LogP contribution >= 0.6 is 0 Å². The molecule has 4 heteroatoms. The van der Waals surface area contributed by atoms with Gasteiger partial charge in [0.15, 0.2) is 0 Å². The second-order valence-electron chi connectivity index (χ2n) is 14.8. The minimum Gasteiger partial charge on any atom is -0.311 e. The van der Waals surface area contributed by atoms with Crippen molar-refractivity contribution in [3.8, 4) is 22.3 Å². The molecule has 0 N–H and O–H groups in total. The lowest BCUT2D eigenvalue weighted by atomic mass is 9.32. The smallest absolute Gasteiger partial charge is 0.253 e. The maximum atomic E-state index is 3.67. The minimum atomic E-state index is -0.0462. The van der Waals surface area contributed by atoms with Crippen molar-refractivity contribution in [1.29, 1.82) is 0 Å². The molecule has 3 nitrogen and oxygen atoms in total. The lowest BCUT2D eigenvalue weighted by molar-refractivity contribution is 1.12. The molecular weight excluding hydrogens is 701 g/mol. The average Bonchev–Trinajstić information content (AvgIpc) is 3.30. The average molecular weight is 738 g/mol. The van der Waals surface area contributed by atoms with Gasteiger partial charge in [-0.1, -0.05) is 151 Å². The van der Waals surface area contributed by atoms with Crippen LogP contribution in [0.4, 0.5) is 39.8 Å². The van der Waals surface area contributed by atoms with Crippen LogP contribution in [-0.4, -0.2) is 6.71 Å². The Morgan fingerprint density at radius 1 is 0.397 bits per heavy atom. The highest BCUT2D eigenvalue weighted by atomic mass is 15.2. The summed E-state index contributed by atoms with van der Waals surface area (Å²) in [6, 6.07) is 76.3. The molecule has 270 valence electrons. The zero-order valence-electron chi connectivity index (χ0n) is 31.7. The fraction of sp³-hybridized carbons (Fsp3) is 0. The molecule has 0 fully saturated rings. The third kappa shape index (κ3) is 5.64. The van der Waals surface area contributed by atoms with E-state index < -0.39 is 0 Å². The van der Waals surface area contributed by atoms with E-state index in [1.54, 1.807) is 0 Å². The van der Waals surface area contributed by atoms with Crippen molar-refractivity contribution in [1.82, 2.24) is 0 Å². The number of allylic oxidation sites excluding steroid dienone is 2. The van der Waals surface area contributed by atoms with E-state index in [1.165, 1.54) is 38.7 Å². The minimum absolute atomic E-state index is 0.0462. The van der Waals surface area contributed by atoms with E-state index in [-0.39, 0.29) is 6.71 Å². The first-order chi connectivity index (χ1) is 28.8. The number of nitrogens with zero attached hydrogens (tertiary/aromatic N) is 3. The zero-order valence-corrected chi connectivity index (χ0v) is 31.7. The lowest BCUT2D eigenvalue weighted by Crippen LogP contribution is -2.56. The summed E-state index contributed by atoms with van der Waals surface area (Å²) in [5.41, 5.74) is 25.5. The number of hydrogen-bond donors (Lipinski definition) is 0. The molecule has 0 saturated carbocycles. The Morgan fingerprint density at radius 3 is 1.55 bits per heavy atom. The summed E-state index contributed by atoms with van der Waals surface area (Å²) in [6.07, 6.45) is 2.13. The van der Waals surface area contributed by atoms with Crippen LogP contribution in [0.2, 0.25) is 0 Å². The van der Waals surface area contributed by atoms with Crippen LogP contribution in [0.5, 0.6) is 0 Å². The van der Waals surface area contributed by atoms with E-state index in [9.17, 15) is 0 Å². The maximum Gasteiger partial charge on any atom is 0.253 e. The van der Waals surface area contributed by atoms with E-state index in [4.69, 9.17) is 0 Å². The molecule has 2 heterocycles. The topological polar surface area (TPSA) is 9.72 Å². The Labute approximate surface area is 339 Å². The van der Waals surface area contributed by atoms with Gasteiger partial charge in [0, 0.05) is 45.9 Å². The molecule has 0 amide bonds. The Hall–Kier alpha value is -7.74. The van der Waals surface area contributed by atoms with Gasteiger partial charge in [-0.25, -0.2) is 0 Å². The van der Waals surface area contributed by atoms with Gasteiger partial charge in [-0.3, -0.25) is 0 Å². The number of hydrogen-bond acceptors (Lipinski definition) is 3. The molecule has 2 aliphatic heterocycles. The summed E-state index contributed by atoms with van der Waals surface area (Å²) in [6.45, 7) is -0.0462. The fourth-order valence-corrected chi connectivity index (χ4v) is 8.89. The predicted molar refractivity (Wildman–Crippen MR) is 243 cm³/mol. The quantitative estimate of drug-likeness (QED) is 0.119. The number of para-hydroxylation sites is 3. The Kier molecular flexibility index (Phi) is 8.16. The third-order valence-electron chi connectivity index (χ3n) is 11.5. The summed E-state index contributed by atoms with van der Waals surface area (Å²) in [7, 11) is 0. The normalized spacial score (nSPS) is 13.4. The Balaban J connectivity index is 1.17. The first-order valence-electron chi connectivity index (χ1n) is 19.8. The zero-order chi connectivity index (χ0) is 38.4. The van der Waals surface area contributed by atoms with Crippen molar-refractivity contribution in [2.45, 2.75) is 0 Å². The van der Waals surface area contributed by atoms with Gasteiger partial charge in [0.1, 0.15) is 0 Å². The molecule has 0 saturated heterocycles. The molecule has 3 aliphatic rings. The molecule has 0 aromatic heterocycles. The second-order valence-corrected chi connectivity index (χ2v) is 14.8. The van der Waals surface area contributed by atoms with Crippen LogP contribution in [0, 0.1) is 0 Å². The van der Waals surface area contributed by atoms with Crippen molar-refractivity contribution < 1.29 is 0 Å². The van der Waals surface area contributed by atoms with Gasteiger partial charge in [0.25, 0.3) is 6.71 Å². The van der Waals surface area contributed by atoms with E-state index in [2.05, 4.69) is 245 Å². The van der Waals surface area contributed by atoms with Gasteiger partial charge >= 0.3 is 0 Å². The van der Waals surface area contributed by atoms with Gasteiger partial charge in [0.2, 0.25) is 0 Å². The fourth-order valence-electron chi connectivity index (χ4n) is 8.89. The number of anilines is 7. The van der Waals surface area contributed by atoms with Crippen LogP contribution in [0.3, 0.4) is 0 Å². The lowest BCUT2D eigenvalue weighted by Gasteiger charge is -2.45. The number of fused-ring (bicyclic) bond motifs is 4. The molecule has 0 unspecified atom stereocenters. The predicted octanol–water partition coefficient (Wildman–Crippen LogP) is 12.4. The van der Waals surface area contributed by atoms with Gasteiger partial charge in [0.05, 0.1) is 11.4 Å². The molecule has 1 aliphatic carbocycles. The van der Waals surface area contributed by atoms with Crippen LogP contribution in [0.25, 0.3) is 22.3 Å². The third-order valence-corrected chi connectivity index (χ3v) is 11.5. The molecule has 0 spiro atoms. The van der Waals surface area contributed by atoms with Gasteiger partial charge in [-0.05, 0) is 111 Å². The van der Waals surface area contributed by atoms with E-state index >= 15 is 0 Å². The van der Waals surface area contributed by atoms with Gasteiger partial charge < -0.3 is 14.7 Å². The molecule has 11 rings (SSSR count). The maximum absolute atomic E-state index is 3.67. The first kappa shape index (κ1) is 33.6. The van der Waals surface area contributed by atoms with Crippen LogP contribution < -0.4 is 25.6 Å². The Bertz CT molecular complexity index is 2930. The standard InChI is InChI=1S/C54H36BN3/c1-6-18-39(19-7-1)41-22-16-29-46(36-41)58-51-31-17-30-50-54(51)55(48-34-32-42(37-52(48)58)40-20-8-2-9-21-40)49-35-33-47(38-53(49)57(50)45-27-14-5-15-28-45)56(43-23-10-3-11-24-43)44-25-12-4-13-26-44/h1-16,18-29,31-38H. The van der Waals surface area contributed by atoms with Crippen molar-refractivity contribution in [2.24, 2.45) is 0 Å². The second kappa shape index (κ2) is 14.1. The molecule has 58 heavy (non-hydrogen) atoms. The summed E-state index contributed by atoms with van der Waals surface area (Å²) in [5, 5.41) is 0. The highest BCUT2D eigenvalue weighted by Gasteiger charge is 2.45. The van der Waals surface area contributed by atoms with Gasteiger partial charge in [-0.2, -0.15) is 0 Å². The van der Waals surface area contributed by atoms with Crippen molar-refractivity contribution in [3.63, 3.8) is 0 Å². The first-order valence-corrected chi connectivity index (χ1v) is 19.8.